The number of nitrogens with zero attached hydrogens (tertiary/aromatic N) is 3. The normalized spacial score (nSPS) is 11.4. The third-order valence-corrected chi connectivity index (χ3v) is 6.66. The minimum Gasteiger partial charge on any atom is -0.495 e. The third kappa shape index (κ3) is 4.23. The Morgan fingerprint density at radius 1 is 1.16 bits per heavy atom. The number of nitrogens with one attached hydrogen (secondary N) is 1. The molecule has 0 atom stereocenters. The molecule has 1 N–H and O–H groups in total. The van der Waals surface area contributed by atoms with Gasteiger partial charge >= 0.3 is 0 Å². The number of amides is 1. The van der Waals surface area contributed by atoms with Gasteiger partial charge in [-0.2, -0.15) is 0 Å². The number of carbonyl (C=O) groups is 1. The SMILES string of the molecule is COc1cc(Cl)ccc1S(=O)(=O)c1ccc(CNC(=O)c2cn3ccnc3cn2)cc1. The highest BCUT2D eigenvalue weighted by atomic mass is 35.5. The first-order valence-electron chi connectivity index (χ1n) is 9.13. The summed E-state index contributed by atoms with van der Waals surface area (Å²) in [5, 5.41) is 3.15. The van der Waals surface area contributed by atoms with Gasteiger partial charge < -0.3 is 14.5 Å². The van der Waals surface area contributed by atoms with Crippen LogP contribution >= 0.6 is 11.6 Å². The summed E-state index contributed by atoms with van der Waals surface area (Å²) in [4.78, 5) is 20.7. The number of fused-ring (bicyclic) bond motifs is 1. The first kappa shape index (κ1) is 20.8. The van der Waals surface area contributed by atoms with Gasteiger partial charge in [-0.25, -0.2) is 18.4 Å². The lowest BCUT2D eigenvalue weighted by atomic mass is 10.2. The van der Waals surface area contributed by atoms with E-state index in [1.54, 1.807) is 35.1 Å². The van der Waals surface area contributed by atoms with Gasteiger partial charge in [-0.05, 0) is 29.8 Å². The van der Waals surface area contributed by atoms with Crippen LogP contribution in [-0.4, -0.2) is 35.8 Å². The van der Waals surface area contributed by atoms with Crippen molar-refractivity contribution in [3.8, 4) is 5.75 Å². The molecule has 0 saturated carbocycles. The maximum Gasteiger partial charge on any atom is 0.271 e. The van der Waals surface area contributed by atoms with E-state index >= 15 is 0 Å². The Kier molecular flexibility index (Phi) is 5.62. The molecule has 0 bridgehead atoms. The average Bonchev–Trinajstić information content (AvgIpc) is 3.25. The second kappa shape index (κ2) is 8.37. The van der Waals surface area contributed by atoms with E-state index in [0.29, 0.717) is 10.7 Å². The molecule has 4 rings (SSSR count). The number of hydrogen-bond acceptors (Lipinski definition) is 6. The minimum atomic E-state index is -3.79. The Morgan fingerprint density at radius 2 is 1.94 bits per heavy atom. The van der Waals surface area contributed by atoms with Crippen LogP contribution < -0.4 is 10.1 Å². The molecule has 2 heterocycles. The highest BCUT2D eigenvalue weighted by Gasteiger charge is 2.22. The molecule has 0 spiro atoms. The van der Waals surface area contributed by atoms with E-state index in [1.807, 2.05) is 0 Å². The molecule has 0 aliphatic carbocycles. The smallest absolute Gasteiger partial charge is 0.271 e. The van der Waals surface area contributed by atoms with Crippen LogP contribution in [0, 0.1) is 0 Å². The lowest BCUT2D eigenvalue weighted by Gasteiger charge is -2.11. The number of halogens is 1. The van der Waals surface area contributed by atoms with Crippen molar-refractivity contribution in [2.45, 2.75) is 16.3 Å². The van der Waals surface area contributed by atoms with Gasteiger partial charge in [0.1, 0.15) is 16.3 Å². The van der Waals surface area contributed by atoms with E-state index in [1.165, 1.54) is 43.6 Å². The van der Waals surface area contributed by atoms with Gasteiger partial charge in [0.05, 0.1) is 18.2 Å². The Labute approximate surface area is 183 Å². The number of hydrogen-bond donors (Lipinski definition) is 1. The van der Waals surface area contributed by atoms with Crippen LogP contribution in [0.4, 0.5) is 0 Å². The van der Waals surface area contributed by atoms with Crippen LogP contribution in [0.3, 0.4) is 0 Å². The Morgan fingerprint density at radius 3 is 2.68 bits per heavy atom. The highest BCUT2D eigenvalue weighted by Crippen LogP contribution is 2.31. The predicted octanol–water partition coefficient (Wildman–Crippen LogP) is 3.15. The standard InChI is InChI=1S/C21H17ClN4O4S/c1-30-18-10-15(22)4-7-19(18)31(28,29)16-5-2-14(3-6-16)11-25-21(27)17-13-26-9-8-23-20(26)12-24-17/h2-10,12-13H,11H2,1H3,(H,25,27). The Balaban J connectivity index is 1.48. The number of imidazole rings is 1. The second-order valence-electron chi connectivity index (χ2n) is 6.59. The Bertz CT molecular complexity index is 1370. The van der Waals surface area contributed by atoms with E-state index in [0.717, 1.165) is 5.56 Å². The predicted molar refractivity (Wildman–Crippen MR) is 114 cm³/mol. The molecule has 10 heteroatoms. The van der Waals surface area contributed by atoms with Crippen LogP contribution in [0.15, 0.2) is 77.0 Å². The van der Waals surface area contributed by atoms with Gasteiger partial charge in [-0.1, -0.05) is 23.7 Å². The van der Waals surface area contributed by atoms with Crippen LogP contribution in [-0.2, 0) is 16.4 Å². The lowest BCUT2D eigenvalue weighted by Crippen LogP contribution is -2.24. The number of benzene rings is 2. The number of ether oxygens (including phenoxy) is 1. The topological polar surface area (TPSA) is 103 Å². The third-order valence-electron chi connectivity index (χ3n) is 4.61. The summed E-state index contributed by atoms with van der Waals surface area (Å²) < 4.78 is 32.8. The molecule has 8 nitrogen and oxygen atoms in total. The molecule has 0 saturated heterocycles. The van der Waals surface area contributed by atoms with Crippen LogP contribution in [0.25, 0.3) is 5.65 Å². The van der Waals surface area contributed by atoms with E-state index in [-0.39, 0.29) is 33.7 Å². The zero-order valence-electron chi connectivity index (χ0n) is 16.3. The van der Waals surface area contributed by atoms with Gasteiger partial charge in [-0.3, -0.25) is 4.79 Å². The molecule has 0 aliphatic rings. The van der Waals surface area contributed by atoms with E-state index in [9.17, 15) is 13.2 Å². The van der Waals surface area contributed by atoms with E-state index < -0.39 is 9.84 Å². The van der Waals surface area contributed by atoms with Gasteiger partial charge in [0.2, 0.25) is 9.84 Å². The van der Waals surface area contributed by atoms with Crippen molar-refractivity contribution in [3.05, 3.63) is 83.5 Å². The molecule has 31 heavy (non-hydrogen) atoms. The lowest BCUT2D eigenvalue weighted by molar-refractivity contribution is 0.0945. The molecular weight excluding hydrogens is 440 g/mol. The number of rotatable bonds is 6. The molecule has 0 unspecified atom stereocenters. The Hall–Kier alpha value is -3.43. The molecule has 4 aromatic rings. The number of aromatic nitrogens is 3. The van der Waals surface area contributed by atoms with E-state index in [4.69, 9.17) is 16.3 Å². The molecule has 2 aromatic carbocycles. The van der Waals surface area contributed by atoms with Gasteiger partial charge in [0.15, 0.2) is 5.65 Å². The van der Waals surface area contributed by atoms with Crippen molar-refractivity contribution in [1.29, 1.82) is 0 Å². The quantitative estimate of drug-likeness (QED) is 0.478. The molecule has 1 amide bonds. The van der Waals surface area contributed by atoms with Gasteiger partial charge in [-0.15, -0.1) is 0 Å². The summed E-state index contributed by atoms with van der Waals surface area (Å²) in [5.74, 6) is -0.176. The minimum absolute atomic E-state index is 0.0291. The number of methoxy groups -OCH3 is 1. The van der Waals surface area contributed by atoms with Crippen LogP contribution in [0.2, 0.25) is 5.02 Å². The summed E-state index contributed by atoms with van der Waals surface area (Å²) in [5.41, 5.74) is 1.63. The summed E-state index contributed by atoms with van der Waals surface area (Å²) in [6.07, 6.45) is 6.45. The molecule has 0 radical (unpaired) electrons. The zero-order valence-corrected chi connectivity index (χ0v) is 17.9. The number of sulfone groups is 1. The second-order valence-corrected chi connectivity index (χ2v) is 8.95. The van der Waals surface area contributed by atoms with Crippen molar-refractivity contribution in [3.63, 3.8) is 0 Å². The van der Waals surface area contributed by atoms with Crippen LogP contribution in [0.5, 0.6) is 5.75 Å². The van der Waals surface area contributed by atoms with Crippen LogP contribution in [0.1, 0.15) is 16.1 Å². The monoisotopic (exact) mass is 456 g/mol. The molecule has 2 aromatic heterocycles. The summed E-state index contributed by atoms with van der Waals surface area (Å²) in [7, 11) is -2.41. The molecule has 158 valence electrons. The molecule has 0 fully saturated rings. The van der Waals surface area contributed by atoms with Crippen molar-refractivity contribution in [2.75, 3.05) is 7.11 Å². The first-order valence-corrected chi connectivity index (χ1v) is 11.0. The summed E-state index contributed by atoms with van der Waals surface area (Å²) >= 11 is 5.92. The fraction of sp³-hybridized carbons (Fsp3) is 0.0952. The largest absolute Gasteiger partial charge is 0.495 e. The van der Waals surface area contributed by atoms with Crippen molar-refractivity contribution in [1.82, 2.24) is 19.7 Å². The fourth-order valence-electron chi connectivity index (χ4n) is 2.99. The van der Waals surface area contributed by atoms with Crippen molar-refractivity contribution in [2.24, 2.45) is 0 Å². The fourth-order valence-corrected chi connectivity index (χ4v) is 4.56. The molecular formula is C21H17ClN4O4S. The van der Waals surface area contributed by atoms with Crippen molar-refractivity contribution < 1.29 is 17.9 Å². The zero-order chi connectivity index (χ0) is 22.0. The van der Waals surface area contributed by atoms with Crippen molar-refractivity contribution >= 4 is 33.0 Å². The maximum absolute atomic E-state index is 13.0. The average molecular weight is 457 g/mol. The summed E-state index contributed by atoms with van der Waals surface area (Å²) in [6, 6.07) is 10.6. The summed E-state index contributed by atoms with van der Waals surface area (Å²) in [6.45, 7) is 0.215. The van der Waals surface area contributed by atoms with Gasteiger partial charge in [0.25, 0.3) is 5.91 Å². The first-order chi connectivity index (χ1) is 14.9. The number of carbonyl (C=O) groups excluding carboxylic acids is 1. The van der Waals surface area contributed by atoms with Gasteiger partial charge in [0, 0.05) is 36.2 Å². The molecule has 0 aliphatic heterocycles. The maximum atomic E-state index is 13.0. The highest BCUT2D eigenvalue weighted by molar-refractivity contribution is 7.91. The van der Waals surface area contributed by atoms with E-state index in [2.05, 4.69) is 15.3 Å².